The first-order chi connectivity index (χ1) is 6.29. The van der Waals surface area contributed by atoms with Crippen LogP contribution in [-0.4, -0.2) is 6.10 Å². The summed E-state index contributed by atoms with van der Waals surface area (Å²) in [5.74, 6) is 1.00. The zero-order valence-electron chi connectivity index (χ0n) is 7.70. The van der Waals surface area contributed by atoms with Crippen molar-refractivity contribution in [3.63, 3.8) is 0 Å². The maximum Gasteiger partial charge on any atom is 0.133 e. The maximum atomic E-state index is 5.71. The fourth-order valence-electron chi connectivity index (χ4n) is 1.13. The number of halogens is 2. The summed E-state index contributed by atoms with van der Waals surface area (Å²) in [7, 11) is 0. The lowest BCUT2D eigenvalue weighted by Crippen LogP contribution is -2.00. The van der Waals surface area contributed by atoms with Crippen molar-refractivity contribution in [1.29, 1.82) is 0 Å². The molecule has 0 spiro atoms. The van der Waals surface area contributed by atoms with E-state index >= 15 is 0 Å². The zero-order valence-corrected chi connectivity index (χ0v) is 10.7. The Bertz CT molecular complexity index is 315. The lowest BCUT2D eigenvalue weighted by atomic mass is 10.2. The van der Waals surface area contributed by atoms with Crippen LogP contribution >= 0.6 is 35.0 Å². The van der Waals surface area contributed by atoms with Gasteiger partial charge in [0, 0.05) is 6.54 Å². The third-order valence-electron chi connectivity index (χ3n) is 2.05. The van der Waals surface area contributed by atoms with Crippen LogP contribution in [0.5, 0.6) is 5.75 Å². The SMILES string of the molecule is Cl.NCc1ccc(OC2CC2)c(I)c1. The van der Waals surface area contributed by atoms with E-state index in [1.54, 1.807) is 0 Å². The summed E-state index contributed by atoms with van der Waals surface area (Å²) in [5.41, 5.74) is 6.70. The summed E-state index contributed by atoms with van der Waals surface area (Å²) in [6, 6.07) is 6.13. The van der Waals surface area contributed by atoms with Crippen molar-refractivity contribution in [3.8, 4) is 5.75 Å². The van der Waals surface area contributed by atoms with Gasteiger partial charge in [-0.15, -0.1) is 12.4 Å². The van der Waals surface area contributed by atoms with Gasteiger partial charge in [0.05, 0.1) is 9.67 Å². The highest BCUT2D eigenvalue weighted by atomic mass is 127. The van der Waals surface area contributed by atoms with Crippen LogP contribution in [0.15, 0.2) is 18.2 Å². The Hall–Kier alpha value is -0.000000000000000111. The van der Waals surface area contributed by atoms with E-state index in [0.29, 0.717) is 12.6 Å². The maximum absolute atomic E-state index is 5.71. The van der Waals surface area contributed by atoms with E-state index in [-0.39, 0.29) is 12.4 Å². The Balaban J connectivity index is 0.000000980. The van der Waals surface area contributed by atoms with Gasteiger partial charge in [-0.3, -0.25) is 0 Å². The van der Waals surface area contributed by atoms with Crippen molar-refractivity contribution in [2.24, 2.45) is 5.73 Å². The summed E-state index contributed by atoms with van der Waals surface area (Å²) in [5, 5.41) is 0. The van der Waals surface area contributed by atoms with Gasteiger partial charge in [0.15, 0.2) is 0 Å². The normalized spacial score (nSPS) is 14.7. The van der Waals surface area contributed by atoms with Gasteiger partial charge in [0.1, 0.15) is 5.75 Å². The molecule has 0 amide bonds. The van der Waals surface area contributed by atoms with Gasteiger partial charge in [-0.25, -0.2) is 0 Å². The minimum atomic E-state index is 0. The molecule has 1 aromatic carbocycles. The van der Waals surface area contributed by atoms with E-state index in [9.17, 15) is 0 Å². The average Bonchev–Trinajstić information content (AvgIpc) is 2.92. The predicted octanol–water partition coefficient (Wildman–Crippen LogP) is 2.71. The molecule has 0 aromatic heterocycles. The first-order valence-electron chi connectivity index (χ1n) is 4.45. The molecule has 0 unspecified atom stereocenters. The third-order valence-corrected chi connectivity index (χ3v) is 2.89. The molecule has 1 aromatic rings. The minimum absolute atomic E-state index is 0. The van der Waals surface area contributed by atoms with Gasteiger partial charge in [0.2, 0.25) is 0 Å². The highest BCUT2D eigenvalue weighted by Gasteiger charge is 2.24. The Morgan fingerprint density at radius 3 is 2.64 bits per heavy atom. The highest BCUT2D eigenvalue weighted by molar-refractivity contribution is 14.1. The quantitative estimate of drug-likeness (QED) is 0.867. The van der Waals surface area contributed by atoms with Crippen LogP contribution in [0.4, 0.5) is 0 Å². The molecule has 2 rings (SSSR count). The number of nitrogens with two attached hydrogens (primary N) is 1. The molecule has 2 nitrogen and oxygen atoms in total. The number of hydrogen-bond acceptors (Lipinski definition) is 2. The van der Waals surface area contributed by atoms with Crippen LogP contribution in [0, 0.1) is 3.57 Å². The van der Waals surface area contributed by atoms with E-state index in [1.807, 2.05) is 12.1 Å². The molecule has 14 heavy (non-hydrogen) atoms. The monoisotopic (exact) mass is 325 g/mol. The van der Waals surface area contributed by atoms with Crippen molar-refractivity contribution in [2.45, 2.75) is 25.5 Å². The van der Waals surface area contributed by atoms with Gasteiger partial charge in [-0.05, 0) is 53.1 Å². The molecule has 0 radical (unpaired) electrons. The fourth-order valence-corrected chi connectivity index (χ4v) is 1.84. The second-order valence-electron chi connectivity index (χ2n) is 3.29. The van der Waals surface area contributed by atoms with Crippen molar-refractivity contribution >= 4 is 35.0 Å². The molecule has 1 aliphatic carbocycles. The molecule has 4 heteroatoms. The largest absolute Gasteiger partial charge is 0.489 e. The van der Waals surface area contributed by atoms with Gasteiger partial charge < -0.3 is 10.5 Å². The van der Waals surface area contributed by atoms with Gasteiger partial charge in [-0.2, -0.15) is 0 Å². The lowest BCUT2D eigenvalue weighted by molar-refractivity contribution is 0.301. The van der Waals surface area contributed by atoms with E-state index in [1.165, 1.54) is 12.8 Å². The van der Waals surface area contributed by atoms with Gasteiger partial charge >= 0.3 is 0 Å². The molecule has 0 atom stereocenters. The van der Waals surface area contributed by atoms with Crippen LogP contribution in [-0.2, 0) is 6.54 Å². The van der Waals surface area contributed by atoms with Crippen LogP contribution in [0.1, 0.15) is 18.4 Å². The molecular formula is C10H13ClINO. The molecule has 0 saturated heterocycles. The Kier molecular flexibility index (Phi) is 4.47. The molecular weight excluding hydrogens is 312 g/mol. The first-order valence-corrected chi connectivity index (χ1v) is 5.52. The summed E-state index contributed by atoms with van der Waals surface area (Å²) in [6.45, 7) is 0.597. The van der Waals surface area contributed by atoms with E-state index in [0.717, 1.165) is 14.9 Å². The van der Waals surface area contributed by atoms with Crippen LogP contribution in [0.3, 0.4) is 0 Å². The predicted molar refractivity (Wildman–Crippen MR) is 67.9 cm³/mol. The van der Waals surface area contributed by atoms with Gasteiger partial charge in [0.25, 0.3) is 0 Å². The van der Waals surface area contributed by atoms with E-state index < -0.39 is 0 Å². The fraction of sp³-hybridized carbons (Fsp3) is 0.400. The topological polar surface area (TPSA) is 35.2 Å². The van der Waals surface area contributed by atoms with E-state index in [2.05, 4.69) is 28.7 Å². The standard InChI is InChI=1S/C10H12INO.ClH/c11-9-5-7(6-12)1-4-10(9)13-8-2-3-8;/h1,4-5,8H,2-3,6,12H2;1H. The number of hydrogen-bond donors (Lipinski definition) is 1. The zero-order chi connectivity index (χ0) is 9.26. The number of benzene rings is 1. The van der Waals surface area contributed by atoms with Crippen LogP contribution < -0.4 is 10.5 Å². The Labute approximate surface area is 104 Å². The highest BCUT2D eigenvalue weighted by Crippen LogP contribution is 2.30. The Morgan fingerprint density at radius 1 is 1.43 bits per heavy atom. The molecule has 1 fully saturated rings. The van der Waals surface area contributed by atoms with Crippen LogP contribution in [0.25, 0.3) is 0 Å². The smallest absolute Gasteiger partial charge is 0.133 e. The third kappa shape index (κ3) is 3.00. The van der Waals surface area contributed by atoms with E-state index in [4.69, 9.17) is 10.5 Å². The second kappa shape index (κ2) is 5.19. The number of rotatable bonds is 3. The van der Waals surface area contributed by atoms with Crippen molar-refractivity contribution < 1.29 is 4.74 Å². The average molecular weight is 326 g/mol. The van der Waals surface area contributed by atoms with Gasteiger partial charge in [-0.1, -0.05) is 6.07 Å². The summed E-state index contributed by atoms with van der Waals surface area (Å²) in [6.07, 6.45) is 2.88. The molecule has 78 valence electrons. The summed E-state index contributed by atoms with van der Waals surface area (Å²) < 4.78 is 6.87. The summed E-state index contributed by atoms with van der Waals surface area (Å²) in [4.78, 5) is 0. The molecule has 0 bridgehead atoms. The van der Waals surface area contributed by atoms with Crippen molar-refractivity contribution in [2.75, 3.05) is 0 Å². The lowest BCUT2D eigenvalue weighted by Gasteiger charge is -2.07. The molecule has 1 aliphatic rings. The summed E-state index contributed by atoms with van der Waals surface area (Å²) >= 11 is 2.29. The van der Waals surface area contributed by atoms with Crippen molar-refractivity contribution in [1.82, 2.24) is 0 Å². The molecule has 1 saturated carbocycles. The van der Waals surface area contributed by atoms with Crippen molar-refractivity contribution in [3.05, 3.63) is 27.3 Å². The van der Waals surface area contributed by atoms with Crippen LogP contribution in [0.2, 0.25) is 0 Å². The number of ether oxygens (including phenoxy) is 1. The second-order valence-corrected chi connectivity index (χ2v) is 4.45. The molecule has 0 aliphatic heterocycles. The minimum Gasteiger partial charge on any atom is -0.489 e. The first kappa shape index (κ1) is 12.1. The Morgan fingerprint density at radius 2 is 2.14 bits per heavy atom. The molecule has 2 N–H and O–H groups in total. The molecule has 0 heterocycles.